The van der Waals surface area contributed by atoms with Gasteiger partial charge >= 0.3 is 0 Å². The number of ether oxygens (including phenoxy) is 1. The molecule has 0 heterocycles. The highest BCUT2D eigenvalue weighted by molar-refractivity contribution is 7.92. The summed E-state index contributed by atoms with van der Waals surface area (Å²) in [6.07, 6.45) is 0.677. The van der Waals surface area contributed by atoms with Gasteiger partial charge in [-0.25, -0.2) is 8.42 Å². The van der Waals surface area contributed by atoms with Crippen LogP contribution in [0.4, 0.5) is 5.69 Å². The van der Waals surface area contributed by atoms with Crippen molar-refractivity contribution < 1.29 is 17.9 Å². The Morgan fingerprint density at radius 1 is 1.16 bits per heavy atom. The number of carbonyl (C=O) groups is 1. The summed E-state index contributed by atoms with van der Waals surface area (Å²) in [4.78, 5) is 12.1. The van der Waals surface area contributed by atoms with Crippen molar-refractivity contribution in [3.63, 3.8) is 0 Å². The summed E-state index contributed by atoms with van der Waals surface area (Å²) >= 11 is 5.86. The minimum absolute atomic E-state index is 0.00276. The third-order valence-corrected chi connectivity index (χ3v) is 4.91. The lowest BCUT2D eigenvalue weighted by Gasteiger charge is -2.10. The molecule has 0 fully saturated rings. The van der Waals surface area contributed by atoms with E-state index < -0.39 is 10.0 Å². The van der Waals surface area contributed by atoms with Gasteiger partial charge in [0, 0.05) is 30.8 Å². The molecule has 0 bridgehead atoms. The van der Waals surface area contributed by atoms with Gasteiger partial charge in [-0.2, -0.15) is 0 Å². The molecule has 2 rings (SSSR count). The monoisotopic (exact) mass is 382 g/mol. The average molecular weight is 383 g/mol. The standard InChI is InChI=1S/C17H19ClN2O4S/c1-24-10-4-9-19-17(21)13-5-2-8-16(11-13)25(22,23)20-15-7-3-6-14(18)12-15/h2-3,5-8,11-12,20H,4,9-10H2,1H3,(H,19,21). The number of hydrogen-bond donors (Lipinski definition) is 2. The van der Waals surface area contributed by atoms with Crippen molar-refractivity contribution in [1.29, 1.82) is 0 Å². The van der Waals surface area contributed by atoms with Crippen LogP contribution in [-0.2, 0) is 14.8 Å². The Kier molecular flexibility index (Phi) is 6.81. The van der Waals surface area contributed by atoms with Crippen LogP contribution >= 0.6 is 11.6 Å². The normalized spacial score (nSPS) is 11.1. The molecule has 0 aliphatic rings. The molecule has 134 valence electrons. The van der Waals surface area contributed by atoms with Crippen molar-refractivity contribution in [1.82, 2.24) is 5.32 Å². The van der Waals surface area contributed by atoms with E-state index in [0.29, 0.717) is 30.3 Å². The van der Waals surface area contributed by atoms with Gasteiger partial charge in [-0.1, -0.05) is 23.7 Å². The Morgan fingerprint density at radius 2 is 1.92 bits per heavy atom. The number of halogens is 1. The average Bonchev–Trinajstić information content (AvgIpc) is 2.58. The molecule has 0 saturated heterocycles. The molecular weight excluding hydrogens is 364 g/mol. The van der Waals surface area contributed by atoms with Crippen LogP contribution in [0.3, 0.4) is 0 Å². The van der Waals surface area contributed by atoms with Crippen LogP contribution in [0.25, 0.3) is 0 Å². The van der Waals surface area contributed by atoms with Gasteiger partial charge in [0.25, 0.3) is 15.9 Å². The van der Waals surface area contributed by atoms with E-state index in [0.717, 1.165) is 0 Å². The van der Waals surface area contributed by atoms with Crippen LogP contribution in [0, 0.1) is 0 Å². The highest BCUT2D eigenvalue weighted by Gasteiger charge is 2.16. The van der Waals surface area contributed by atoms with Gasteiger partial charge in [0.15, 0.2) is 0 Å². The highest BCUT2D eigenvalue weighted by atomic mass is 35.5. The molecule has 0 aliphatic heterocycles. The molecule has 1 amide bonds. The summed E-state index contributed by atoms with van der Waals surface area (Å²) in [5.41, 5.74) is 0.619. The number of rotatable bonds is 8. The zero-order valence-corrected chi connectivity index (χ0v) is 15.2. The van der Waals surface area contributed by atoms with Crippen LogP contribution in [0.15, 0.2) is 53.4 Å². The van der Waals surface area contributed by atoms with Crippen molar-refractivity contribution in [2.45, 2.75) is 11.3 Å². The maximum atomic E-state index is 12.5. The molecule has 0 aromatic heterocycles. The number of benzene rings is 2. The van der Waals surface area contributed by atoms with E-state index in [9.17, 15) is 13.2 Å². The Morgan fingerprint density at radius 3 is 2.64 bits per heavy atom. The fraction of sp³-hybridized carbons (Fsp3) is 0.235. The second-order valence-corrected chi connectivity index (χ2v) is 7.36. The summed E-state index contributed by atoms with van der Waals surface area (Å²) in [6.45, 7) is 0.989. The van der Waals surface area contributed by atoms with Crippen molar-refractivity contribution in [2.75, 3.05) is 25.0 Å². The molecule has 2 aromatic rings. The molecule has 25 heavy (non-hydrogen) atoms. The SMILES string of the molecule is COCCCNC(=O)c1cccc(S(=O)(=O)Nc2cccc(Cl)c2)c1. The van der Waals surface area contributed by atoms with E-state index in [1.54, 1.807) is 31.4 Å². The van der Waals surface area contributed by atoms with E-state index in [1.807, 2.05) is 0 Å². The van der Waals surface area contributed by atoms with Crippen LogP contribution < -0.4 is 10.0 Å². The maximum absolute atomic E-state index is 12.5. The fourth-order valence-corrected chi connectivity index (χ4v) is 3.38. The molecule has 0 saturated carbocycles. The molecule has 0 unspecified atom stereocenters. The van der Waals surface area contributed by atoms with Crippen LogP contribution in [0.5, 0.6) is 0 Å². The summed E-state index contributed by atoms with van der Waals surface area (Å²) in [7, 11) is -2.24. The molecule has 8 heteroatoms. The first-order valence-corrected chi connectivity index (χ1v) is 9.44. The third-order valence-electron chi connectivity index (χ3n) is 3.29. The van der Waals surface area contributed by atoms with Crippen LogP contribution in [0.2, 0.25) is 5.02 Å². The van der Waals surface area contributed by atoms with Gasteiger partial charge in [-0.15, -0.1) is 0 Å². The predicted molar refractivity (Wildman–Crippen MR) is 97.5 cm³/mol. The fourth-order valence-electron chi connectivity index (χ4n) is 2.09. The van der Waals surface area contributed by atoms with Crippen LogP contribution in [0.1, 0.15) is 16.8 Å². The van der Waals surface area contributed by atoms with Crippen molar-refractivity contribution in [3.05, 3.63) is 59.1 Å². The smallest absolute Gasteiger partial charge is 0.261 e. The van der Waals surface area contributed by atoms with E-state index in [-0.39, 0.29) is 16.4 Å². The van der Waals surface area contributed by atoms with Crippen molar-refractivity contribution >= 4 is 33.2 Å². The molecule has 6 nitrogen and oxygen atoms in total. The lowest BCUT2D eigenvalue weighted by Crippen LogP contribution is -2.25. The first-order valence-electron chi connectivity index (χ1n) is 7.58. The Balaban J connectivity index is 2.12. The molecule has 0 atom stereocenters. The van der Waals surface area contributed by atoms with Gasteiger partial charge in [-0.05, 0) is 42.8 Å². The Labute approximate surface area is 152 Å². The summed E-state index contributed by atoms with van der Waals surface area (Å²) in [6, 6.07) is 12.2. The van der Waals surface area contributed by atoms with Gasteiger partial charge in [0.2, 0.25) is 0 Å². The van der Waals surface area contributed by atoms with E-state index >= 15 is 0 Å². The zero-order valence-electron chi connectivity index (χ0n) is 13.7. The number of sulfonamides is 1. The van der Waals surface area contributed by atoms with Gasteiger partial charge in [0.1, 0.15) is 0 Å². The number of amides is 1. The largest absolute Gasteiger partial charge is 0.385 e. The molecular formula is C17H19ClN2O4S. The maximum Gasteiger partial charge on any atom is 0.261 e. The summed E-state index contributed by atoms with van der Waals surface area (Å²) in [5, 5.41) is 3.14. The second kappa shape index (κ2) is 8.84. The zero-order chi connectivity index (χ0) is 18.3. The first kappa shape index (κ1) is 19.2. The van der Waals surface area contributed by atoms with Crippen molar-refractivity contribution in [2.24, 2.45) is 0 Å². The Hall–Kier alpha value is -2.09. The minimum Gasteiger partial charge on any atom is -0.385 e. The number of nitrogens with one attached hydrogen (secondary N) is 2. The van der Waals surface area contributed by atoms with E-state index in [2.05, 4.69) is 10.0 Å². The molecule has 0 spiro atoms. The number of anilines is 1. The number of carbonyl (C=O) groups excluding carboxylic acids is 1. The first-order chi connectivity index (χ1) is 11.9. The Bertz CT molecular complexity index is 840. The van der Waals surface area contributed by atoms with Gasteiger partial charge in [0.05, 0.1) is 10.6 Å². The molecule has 0 radical (unpaired) electrons. The van der Waals surface area contributed by atoms with E-state index in [1.165, 1.54) is 24.3 Å². The molecule has 2 N–H and O–H groups in total. The molecule has 0 aliphatic carbocycles. The van der Waals surface area contributed by atoms with Gasteiger partial charge < -0.3 is 10.1 Å². The van der Waals surface area contributed by atoms with Crippen LogP contribution in [-0.4, -0.2) is 34.6 Å². The predicted octanol–water partition coefficient (Wildman–Crippen LogP) is 2.91. The summed E-state index contributed by atoms with van der Waals surface area (Å²) < 4.78 is 32.3. The number of methoxy groups -OCH3 is 1. The lowest BCUT2D eigenvalue weighted by molar-refractivity contribution is 0.0948. The van der Waals surface area contributed by atoms with E-state index in [4.69, 9.17) is 16.3 Å². The van der Waals surface area contributed by atoms with Gasteiger partial charge in [-0.3, -0.25) is 9.52 Å². The van der Waals surface area contributed by atoms with Crippen molar-refractivity contribution in [3.8, 4) is 0 Å². The quantitative estimate of drug-likeness (QED) is 0.687. The summed E-state index contributed by atoms with van der Waals surface area (Å²) in [5.74, 6) is -0.337. The topological polar surface area (TPSA) is 84.5 Å². The second-order valence-electron chi connectivity index (χ2n) is 5.25. The minimum atomic E-state index is -3.82. The third kappa shape index (κ3) is 5.74. The number of hydrogen-bond acceptors (Lipinski definition) is 4. The molecule has 2 aromatic carbocycles. The highest BCUT2D eigenvalue weighted by Crippen LogP contribution is 2.20. The lowest BCUT2D eigenvalue weighted by atomic mass is 10.2.